The molecule has 0 aliphatic carbocycles. The van der Waals surface area contributed by atoms with Gasteiger partial charge < -0.3 is 19.6 Å². The first-order chi connectivity index (χ1) is 14.2. The van der Waals surface area contributed by atoms with Crippen molar-refractivity contribution in [1.29, 1.82) is 0 Å². The Morgan fingerprint density at radius 3 is 2.07 bits per heavy atom. The number of ether oxygens (including phenoxy) is 1. The van der Waals surface area contributed by atoms with Crippen LogP contribution in [0.1, 0.15) is 75.1 Å². The Bertz CT molecular complexity index is 623. The molecule has 0 bridgehead atoms. The van der Waals surface area contributed by atoms with E-state index in [1.54, 1.807) is 24.3 Å². The van der Waals surface area contributed by atoms with Crippen molar-refractivity contribution >= 4 is 11.9 Å². The standard InChI is InChI=1S/C24H40N2O4/c1-5-6-7-8-9-10-11-12-17-30-22-15-13-20(14-16-22)24(29)25-21(18-23(27)28)19-26(2,3)4/h13-16,21H,5-12,17-19H2,1-4H3,(H-,25,27,28,29)/p+1. The van der Waals surface area contributed by atoms with E-state index in [0.29, 0.717) is 23.2 Å². The molecular weight excluding hydrogens is 380 g/mol. The maximum Gasteiger partial charge on any atom is 0.305 e. The molecule has 170 valence electrons. The van der Waals surface area contributed by atoms with Gasteiger partial charge in [0.25, 0.3) is 5.91 Å². The van der Waals surface area contributed by atoms with Crippen LogP contribution in [-0.4, -0.2) is 61.8 Å². The topological polar surface area (TPSA) is 75.6 Å². The number of unbranched alkanes of at least 4 members (excludes halogenated alkanes) is 7. The van der Waals surface area contributed by atoms with Gasteiger partial charge in [-0.3, -0.25) is 9.59 Å². The molecule has 1 rings (SSSR count). The van der Waals surface area contributed by atoms with Gasteiger partial charge in [0.05, 0.1) is 46.8 Å². The molecule has 0 fully saturated rings. The molecule has 0 heterocycles. The van der Waals surface area contributed by atoms with E-state index < -0.39 is 12.0 Å². The number of likely N-dealkylation sites (N-methyl/N-ethyl adjacent to an activating group) is 1. The van der Waals surface area contributed by atoms with Crippen LogP contribution < -0.4 is 10.1 Å². The summed E-state index contributed by atoms with van der Waals surface area (Å²) in [5, 5.41) is 12.0. The molecule has 6 heteroatoms. The van der Waals surface area contributed by atoms with Gasteiger partial charge in [0, 0.05) is 5.56 Å². The molecule has 1 aromatic carbocycles. The number of nitrogens with zero attached hydrogens (tertiary/aromatic N) is 1. The lowest BCUT2D eigenvalue weighted by molar-refractivity contribution is -0.871. The summed E-state index contributed by atoms with van der Waals surface area (Å²) in [6.07, 6.45) is 10.0. The van der Waals surface area contributed by atoms with Gasteiger partial charge in [-0.25, -0.2) is 0 Å². The van der Waals surface area contributed by atoms with Gasteiger partial charge in [0.15, 0.2) is 0 Å². The lowest BCUT2D eigenvalue weighted by Gasteiger charge is -2.29. The van der Waals surface area contributed by atoms with Gasteiger partial charge in [-0.15, -0.1) is 0 Å². The van der Waals surface area contributed by atoms with Crippen LogP contribution in [0.25, 0.3) is 0 Å². The molecule has 30 heavy (non-hydrogen) atoms. The fraction of sp³-hybridized carbons (Fsp3) is 0.667. The molecule has 1 amide bonds. The molecule has 0 saturated carbocycles. The summed E-state index contributed by atoms with van der Waals surface area (Å²) < 4.78 is 6.35. The minimum Gasteiger partial charge on any atom is -0.494 e. The number of hydrogen-bond acceptors (Lipinski definition) is 3. The minimum atomic E-state index is -0.918. The van der Waals surface area contributed by atoms with Crippen molar-refractivity contribution in [2.75, 3.05) is 34.3 Å². The smallest absolute Gasteiger partial charge is 0.305 e. The summed E-state index contributed by atoms with van der Waals surface area (Å²) in [6.45, 7) is 3.46. The predicted octanol–water partition coefficient (Wildman–Crippen LogP) is 4.49. The molecule has 1 unspecified atom stereocenters. The Balaban J connectivity index is 2.37. The van der Waals surface area contributed by atoms with Crippen LogP contribution in [0.15, 0.2) is 24.3 Å². The van der Waals surface area contributed by atoms with Gasteiger partial charge in [0.1, 0.15) is 5.75 Å². The third-order valence-electron chi connectivity index (χ3n) is 4.91. The minimum absolute atomic E-state index is 0.0962. The summed E-state index contributed by atoms with van der Waals surface area (Å²) >= 11 is 0. The number of amides is 1. The lowest BCUT2D eigenvalue weighted by Crippen LogP contribution is -2.49. The van der Waals surface area contributed by atoms with Crippen LogP contribution in [0.2, 0.25) is 0 Å². The molecule has 1 aromatic rings. The van der Waals surface area contributed by atoms with E-state index >= 15 is 0 Å². The molecule has 1 atom stereocenters. The normalized spacial score (nSPS) is 12.4. The second-order valence-corrected chi connectivity index (χ2v) is 9.09. The first-order valence-electron chi connectivity index (χ1n) is 11.3. The van der Waals surface area contributed by atoms with Crippen LogP contribution >= 0.6 is 0 Å². The van der Waals surface area contributed by atoms with Crippen LogP contribution in [0.5, 0.6) is 5.75 Å². The van der Waals surface area contributed by atoms with Gasteiger partial charge in [-0.2, -0.15) is 0 Å². The largest absolute Gasteiger partial charge is 0.494 e. The number of carboxylic acid groups (broad SMARTS) is 1. The number of carbonyl (C=O) groups excluding carboxylic acids is 1. The molecule has 0 saturated heterocycles. The molecule has 0 radical (unpaired) electrons. The molecule has 0 aromatic heterocycles. The monoisotopic (exact) mass is 421 g/mol. The Kier molecular flexibility index (Phi) is 12.1. The Morgan fingerprint density at radius 2 is 1.53 bits per heavy atom. The molecule has 0 aliphatic rings. The van der Waals surface area contributed by atoms with Gasteiger partial charge in [-0.05, 0) is 30.7 Å². The van der Waals surface area contributed by atoms with E-state index in [-0.39, 0.29) is 12.3 Å². The summed E-state index contributed by atoms with van der Waals surface area (Å²) in [5.41, 5.74) is 0.506. The van der Waals surface area contributed by atoms with Crippen molar-refractivity contribution in [2.45, 2.75) is 70.8 Å². The summed E-state index contributed by atoms with van der Waals surface area (Å²) in [7, 11) is 5.92. The van der Waals surface area contributed by atoms with Crippen molar-refractivity contribution in [1.82, 2.24) is 5.32 Å². The number of aliphatic carboxylic acids is 1. The molecule has 0 spiro atoms. The van der Waals surface area contributed by atoms with E-state index in [1.807, 2.05) is 21.1 Å². The maximum absolute atomic E-state index is 12.5. The van der Waals surface area contributed by atoms with Gasteiger partial charge in [-0.1, -0.05) is 51.9 Å². The highest BCUT2D eigenvalue weighted by molar-refractivity contribution is 5.94. The van der Waals surface area contributed by atoms with E-state index in [0.717, 1.165) is 12.2 Å². The second-order valence-electron chi connectivity index (χ2n) is 9.09. The third-order valence-corrected chi connectivity index (χ3v) is 4.91. The Hall–Kier alpha value is -2.08. The van der Waals surface area contributed by atoms with Crippen LogP contribution in [0.3, 0.4) is 0 Å². The molecular formula is C24H41N2O4+. The van der Waals surface area contributed by atoms with Crippen LogP contribution in [0, 0.1) is 0 Å². The number of hydrogen-bond donors (Lipinski definition) is 2. The zero-order valence-electron chi connectivity index (χ0n) is 19.3. The SMILES string of the molecule is CCCCCCCCCCOc1ccc(C(=O)NC(CC(=O)O)C[N+](C)(C)C)cc1. The average molecular weight is 422 g/mol. The number of benzene rings is 1. The van der Waals surface area contributed by atoms with E-state index in [9.17, 15) is 9.59 Å². The highest BCUT2D eigenvalue weighted by Gasteiger charge is 2.23. The van der Waals surface area contributed by atoms with Crippen molar-refractivity contribution in [2.24, 2.45) is 0 Å². The zero-order valence-corrected chi connectivity index (χ0v) is 19.3. The number of carboxylic acids is 1. The number of quaternary nitrogens is 1. The van der Waals surface area contributed by atoms with Crippen LogP contribution in [0.4, 0.5) is 0 Å². The van der Waals surface area contributed by atoms with Gasteiger partial charge >= 0.3 is 5.97 Å². The fourth-order valence-corrected chi connectivity index (χ4v) is 3.43. The highest BCUT2D eigenvalue weighted by atomic mass is 16.5. The first-order valence-corrected chi connectivity index (χ1v) is 11.3. The van der Waals surface area contributed by atoms with Crippen LogP contribution in [-0.2, 0) is 4.79 Å². The molecule has 2 N–H and O–H groups in total. The third kappa shape index (κ3) is 12.5. The summed E-state index contributed by atoms with van der Waals surface area (Å²) in [4.78, 5) is 23.6. The predicted molar refractivity (Wildman–Crippen MR) is 121 cm³/mol. The van der Waals surface area contributed by atoms with Crippen molar-refractivity contribution < 1.29 is 23.9 Å². The number of rotatable bonds is 16. The second kappa shape index (κ2) is 14.0. The fourth-order valence-electron chi connectivity index (χ4n) is 3.43. The maximum atomic E-state index is 12.5. The number of nitrogens with one attached hydrogen (secondary N) is 1. The summed E-state index contributed by atoms with van der Waals surface area (Å²) in [5.74, 6) is -0.425. The first kappa shape index (κ1) is 26.0. The van der Waals surface area contributed by atoms with E-state index in [2.05, 4.69) is 12.2 Å². The average Bonchev–Trinajstić information content (AvgIpc) is 2.65. The molecule has 6 nitrogen and oxygen atoms in total. The highest BCUT2D eigenvalue weighted by Crippen LogP contribution is 2.14. The Morgan fingerprint density at radius 1 is 0.967 bits per heavy atom. The Labute approximate surface area is 182 Å². The van der Waals surface area contributed by atoms with E-state index in [4.69, 9.17) is 9.84 Å². The van der Waals surface area contributed by atoms with Crippen molar-refractivity contribution in [3.8, 4) is 5.75 Å². The van der Waals surface area contributed by atoms with Gasteiger partial charge in [0.2, 0.25) is 0 Å². The summed E-state index contributed by atoms with van der Waals surface area (Å²) in [6, 6.07) is 6.62. The van der Waals surface area contributed by atoms with Crippen molar-refractivity contribution in [3.05, 3.63) is 29.8 Å². The van der Waals surface area contributed by atoms with Crippen molar-refractivity contribution in [3.63, 3.8) is 0 Å². The quantitative estimate of drug-likeness (QED) is 0.305. The zero-order chi connectivity index (χ0) is 22.4. The van der Waals surface area contributed by atoms with E-state index in [1.165, 1.54) is 44.9 Å². The number of carbonyl (C=O) groups is 2. The lowest BCUT2D eigenvalue weighted by atomic mass is 10.1. The molecule has 0 aliphatic heterocycles.